The molecule has 2 aromatic rings. The number of pyridine rings is 1. The molecule has 0 fully saturated rings. The first-order chi connectivity index (χ1) is 10.8. The van der Waals surface area contributed by atoms with Gasteiger partial charge < -0.3 is 0 Å². The van der Waals surface area contributed by atoms with Crippen molar-refractivity contribution >= 4 is 13.3 Å². The maximum Gasteiger partial charge on any atom is 0.0803 e. The summed E-state index contributed by atoms with van der Waals surface area (Å²) >= 11 is 0. The van der Waals surface area contributed by atoms with E-state index in [9.17, 15) is 0 Å². The summed E-state index contributed by atoms with van der Waals surface area (Å²) < 4.78 is 47.3. The minimum Gasteiger partial charge on any atom is -0.253 e. The van der Waals surface area contributed by atoms with Gasteiger partial charge in [0.15, 0.2) is 0 Å². The summed E-state index contributed by atoms with van der Waals surface area (Å²) in [5.74, 6) is 0. The van der Waals surface area contributed by atoms with Crippen LogP contribution in [0.15, 0.2) is 36.4 Å². The lowest BCUT2D eigenvalue weighted by Crippen LogP contribution is -2.42. The Kier molecular flexibility index (Phi) is 1.89. The van der Waals surface area contributed by atoms with E-state index in [0.717, 1.165) is 0 Å². The average Bonchev–Trinajstić information content (AvgIpc) is 2.44. The summed E-state index contributed by atoms with van der Waals surface area (Å²) in [5.41, 5.74) is 1.13. The quantitative estimate of drug-likeness (QED) is 0.747. The number of hydrogen-bond donors (Lipinski definition) is 0. The van der Waals surface area contributed by atoms with Crippen molar-refractivity contribution in [3.05, 3.63) is 47.7 Å². The molecule has 0 aliphatic carbocycles. The van der Waals surface area contributed by atoms with E-state index >= 15 is 0 Å². The molecule has 94 valence electrons. The van der Waals surface area contributed by atoms with Crippen LogP contribution in [-0.4, -0.2) is 13.1 Å². The maximum absolute atomic E-state index is 7.90. The monoisotopic (exact) mass is 261 g/mol. The predicted octanol–water partition coefficient (Wildman–Crippen LogP) is 3.91. The van der Waals surface area contributed by atoms with Crippen LogP contribution in [-0.2, 0) is 0 Å². The highest BCUT2D eigenvalue weighted by Crippen LogP contribution is 2.19. The zero-order chi connectivity index (χ0) is 18.3. The van der Waals surface area contributed by atoms with E-state index in [1.165, 1.54) is 6.07 Å². The smallest absolute Gasteiger partial charge is 0.0803 e. The third-order valence-corrected chi connectivity index (χ3v) is 4.85. The average molecular weight is 261 g/mol. The van der Waals surface area contributed by atoms with Gasteiger partial charge in [0.1, 0.15) is 0 Å². The summed E-state index contributed by atoms with van der Waals surface area (Å²) in [6.45, 7) is 0.979. The first-order valence-corrected chi connectivity index (χ1v) is 9.44. The fourth-order valence-corrected chi connectivity index (χ4v) is 3.71. The maximum atomic E-state index is 7.90. The van der Waals surface area contributed by atoms with Crippen LogP contribution in [0.2, 0.25) is 19.6 Å². The zero-order valence-electron chi connectivity index (χ0n) is 16.9. The van der Waals surface area contributed by atoms with Crippen molar-refractivity contribution in [2.24, 2.45) is 0 Å². The lowest BCUT2D eigenvalue weighted by atomic mass is 10.1. The Bertz CT molecular complexity index is 694. The second-order valence-electron chi connectivity index (χ2n) is 5.39. The van der Waals surface area contributed by atoms with Crippen molar-refractivity contribution in [3.63, 3.8) is 0 Å². The molecular formula is C16H21NSi. The molecule has 1 aromatic carbocycles. The van der Waals surface area contributed by atoms with Crippen molar-refractivity contribution in [3.8, 4) is 11.3 Å². The summed E-state index contributed by atoms with van der Waals surface area (Å²) in [7, 11) is -2.25. The predicted molar refractivity (Wildman–Crippen MR) is 82.1 cm³/mol. The van der Waals surface area contributed by atoms with Crippen LogP contribution in [0.5, 0.6) is 0 Å². The van der Waals surface area contributed by atoms with Gasteiger partial charge in [-0.05, 0) is 30.5 Å². The highest BCUT2D eigenvalue weighted by molar-refractivity contribution is 6.89. The Labute approximate surface area is 119 Å². The summed E-state index contributed by atoms with van der Waals surface area (Å²) in [4.78, 5) is 4.38. The molecule has 0 aliphatic heterocycles. The number of hydrogen-bond acceptors (Lipinski definition) is 1. The molecule has 0 unspecified atom stereocenters. The van der Waals surface area contributed by atoms with E-state index in [0.29, 0.717) is 16.4 Å². The van der Waals surface area contributed by atoms with E-state index < -0.39 is 21.8 Å². The van der Waals surface area contributed by atoms with Gasteiger partial charge in [-0.25, -0.2) is 0 Å². The van der Waals surface area contributed by atoms with Gasteiger partial charge in [-0.15, -0.1) is 0 Å². The van der Waals surface area contributed by atoms with Crippen LogP contribution in [0, 0.1) is 13.7 Å². The summed E-state index contributed by atoms with van der Waals surface area (Å²) in [5, 5.41) is 0.419. The number of aromatic nitrogens is 1. The molecule has 1 heterocycles. The van der Waals surface area contributed by atoms with Crippen molar-refractivity contribution in [2.75, 3.05) is 0 Å². The van der Waals surface area contributed by atoms with Gasteiger partial charge in [0.05, 0.1) is 13.8 Å². The number of aryl methyl sites for hydroxylation is 2. The molecule has 0 aliphatic rings. The summed E-state index contributed by atoms with van der Waals surface area (Å²) in [6, 6.07) is 10.6. The van der Waals surface area contributed by atoms with E-state index in [1.54, 1.807) is 12.1 Å². The van der Waals surface area contributed by atoms with Gasteiger partial charge in [0.25, 0.3) is 0 Å². The largest absolute Gasteiger partial charge is 0.253 e. The van der Waals surface area contributed by atoms with Crippen LogP contribution in [0.3, 0.4) is 0 Å². The first kappa shape index (κ1) is 7.24. The second-order valence-corrected chi connectivity index (χ2v) is 10.4. The Hall–Kier alpha value is -1.41. The third kappa shape index (κ3) is 2.54. The molecule has 0 atom stereocenters. The molecule has 0 saturated heterocycles. The van der Waals surface area contributed by atoms with E-state index in [-0.39, 0.29) is 11.3 Å². The molecule has 0 radical (unpaired) electrons. The van der Waals surface area contributed by atoms with Crippen LogP contribution in [0.1, 0.15) is 19.5 Å². The normalized spacial score (nSPS) is 17.9. The van der Waals surface area contributed by atoms with Gasteiger partial charge in [-0.2, -0.15) is 0 Å². The van der Waals surface area contributed by atoms with Crippen molar-refractivity contribution in [1.29, 1.82) is 0 Å². The fourth-order valence-electron chi connectivity index (χ4n) is 2.06. The van der Waals surface area contributed by atoms with Crippen molar-refractivity contribution < 1.29 is 8.22 Å². The molecule has 0 amide bonds. The van der Waals surface area contributed by atoms with Crippen LogP contribution in [0.25, 0.3) is 11.3 Å². The lowest BCUT2D eigenvalue weighted by Gasteiger charge is -2.22. The Morgan fingerprint density at radius 1 is 1.06 bits per heavy atom. The molecule has 0 spiro atoms. The molecule has 0 saturated carbocycles. The standard InChI is InChI=1S/C16H21NSi/c1-12-11-15(14-9-7-6-8-10-14)17-13(2)16(12)18(3,4)5/h6-11H,1-5H3/i1D3,2D3. The van der Waals surface area contributed by atoms with Crippen molar-refractivity contribution in [1.82, 2.24) is 4.98 Å². The van der Waals surface area contributed by atoms with E-state index in [1.807, 2.05) is 37.8 Å². The Morgan fingerprint density at radius 3 is 2.33 bits per heavy atom. The topological polar surface area (TPSA) is 12.9 Å². The van der Waals surface area contributed by atoms with E-state index in [2.05, 4.69) is 4.98 Å². The van der Waals surface area contributed by atoms with Crippen LogP contribution in [0.4, 0.5) is 0 Å². The minimum atomic E-state index is -2.46. The van der Waals surface area contributed by atoms with Crippen LogP contribution >= 0.6 is 0 Å². The molecular weight excluding hydrogens is 234 g/mol. The highest BCUT2D eigenvalue weighted by atomic mass is 28.3. The number of benzene rings is 1. The first-order valence-electron chi connectivity index (χ1n) is 8.94. The minimum absolute atomic E-state index is 0.0749. The molecule has 2 heteroatoms. The van der Waals surface area contributed by atoms with Gasteiger partial charge in [0.2, 0.25) is 0 Å². The number of nitrogens with zero attached hydrogens (tertiary/aromatic N) is 1. The molecule has 1 aromatic heterocycles. The van der Waals surface area contributed by atoms with E-state index in [4.69, 9.17) is 8.22 Å². The number of rotatable bonds is 2. The van der Waals surface area contributed by atoms with Gasteiger partial charge in [-0.3, -0.25) is 4.98 Å². The fraction of sp³-hybridized carbons (Fsp3) is 0.312. The molecule has 0 bridgehead atoms. The second kappa shape index (κ2) is 4.69. The van der Waals surface area contributed by atoms with Gasteiger partial charge >= 0.3 is 0 Å². The Morgan fingerprint density at radius 2 is 1.78 bits per heavy atom. The lowest BCUT2D eigenvalue weighted by molar-refractivity contribution is 1.20. The molecule has 18 heavy (non-hydrogen) atoms. The zero-order valence-corrected chi connectivity index (χ0v) is 11.9. The molecule has 0 N–H and O–H groups in total. The molecule has 1 nitrogen and oxygen atoms in total. The van der Waals surface area contributed by atoms with Gasteiger partial charge in [0, 0.05) is 19.5 Å². The molecule has 2 rings (SSSR count). The van der Waals surface area contributed by atoms with Crippen molar-refractivity contribution in [2.45, 2.75) is 33.3 Å². The van der Waals surface area contributed by atoms with Crippen LogP contribution < -0.4 is 5.19 Å². The summed E-state index contributed by atoms with van der Waals surface area (Å²) in [6.07, 6.45) is 0. The Balaban J connectivity index is 2.90. The third-order valence-electron chi connectivity index (χ3n) is 2.84. The van der Waals surface area contributed by atoms with Gasteiger partial charge in [-0.1, -0.05) is 50.0 Å². The SMILES string of the molecule is [2H]C([2H])([2H])c1cc(-c2ccccc2)nc(C([2H])([2H])[2H])c1[Si](C)(C)C. The highest BCUT2D eigenvalue weighted by Gasteiger charge is 2.22.